The van der Waals surface area contributed by atoms with Crippen LogP contribution in [0.25, 0.3) is 5.69 Å². The average molecular weight is 409 g/mol. The zero-order chi connectivity index (χ0) is 20.2. The molecule has 6 nitrogen and oxygen atoms in total. The van der Waals surface area contributed by atoms with Crippen molar-refractivity contribution in [2.24, 2.45) is 0 Å². The highest BCUT2D eigenvalue weighted by Crippen LogP contribution is 2.29. The molecule has 3 aromatic rings. The summed E-state index contributed by atoms with van der Waals surface area (Å²) in [4.78, 5) is 26.7. The minimum Gasteiger partial charge on any atom is -0.344 e. The number of nitrogens with zero attached hydrogens (tertiary/aromatic N) is 3. The summed E-state index contributed by atoms with van der Waals surface area (Å²) >= 11 is 6.20. The van der Waals surface area contributed by atoms with E-state index >= 15 is 0 Å². The first-order valence-electron chi connectivity index (χ1n) is 9.56. The summed E-state index contributed by atoms with van der Waals surface area (Å²) in [5, 5.41) is 7.73. The summed E-state index contributed by atoms with van der Waals surface area (Å²) in [5.74, 6) is -0.264. The predicted molar refractivity (Wildman–Crippen MR) is 112 cm³/mol. The van der Waals surface area contributed by atoms with Gasteiger partial charge in [0.15, 0.2) is 0 Å². The number of para-hydroxylation sites is 2. The van der Waals surface area contributed by atoms with Crippen LogP contribution in [0.15, 0.2) is 67.0 Å². The largest absolute Gasteiger partial charge is 0.344 e. The molecule has 0 aliphatic carbocycles. The van der Waals surface area contributed by atoms with Gasteiger partial charge in [-0.15, -0.1) is 0 Å². The van der Waals surface area contributed by atoms with Crippen LogP contribution in [-0.2, 0) is 16.0 Å². The Balaban J connectivity index is 1.31. The van der Waals surface area contributed by atoms with Crippen molar-refractivity contribution in [3.05, 3.63) is 77.6 Å². The minimum atomic E-state index is -0.509. The average Bonchev–Trinajstić information content (AvgIpc) is 3.35. The standard InChI is InChI=1S/C22H21ClN4O2/c23-18-8-4-5-9-20(18)26-13-12-19(22(26)29)25-21(28)11-10-16-14-24-27(15-16)17-6-2-1-3-7-17/h1-9,14-15,19H,10-13H2,(H,25,28). The first-order valence-corrected chi connectivity index (χ1v) is 9.94. The maximum absolute atomic E-state index is 12.7. The number of anilines is 1. The Bertz CT molecular complexity index is 1020. The van der Waals surface area contributed by atoms with Crippen LogP contribution >= 0.6 is 11.6 Å². The lowest BCUT2D eigenvalue weighted by Crippen LogP contribution is -2.41. The van der Waals surface area contributed by atoms with E-state index in [1.807, 2.05) is 54.7 Å². The SMILES string of the molecule is O=C(CCc1cnn(-c2ccccc2)c1)NC1CCN(c2ccccc2Cl)C1=O. The van der Waals surface area contributed by atoms with Gasteiger partial charge in [-0.3, -0.25) is 9.59 Å². The molecule has 1 saturated heterocycles. The van der Waals surface area contributed by atoms with Crippen molar-refractivity contribution in [1.29, 1.82) is 0 Å². The van der Waals surface area contributed by atoms with Crippen LogP contribution in [-0.4, -0.2) is 34.2 Å². The molecule has 2 aromatic carbocycles. The number of aromatic nitrogens is 2. The highest BCUT2D eigenvalue weighted by Gasteiger charge is 2.34. The topological polar surface area (TPSA) is 67.2 Å². The number of hydrogen-bond acceptors (Lipinski definition) is 3. The molecule has 1 N–H and O–H groups in total. The highest BCUT2D eigenvalue weighted by molar-refractivity contribution is 6.34. The monoisotopic (exact) mass is 408 g/mol. The summed E-state index contributed by atoms with van der Waals surface area (Å²) < 4.78 is 1.79. The molecule has 2 heterocycles. The third-order valence-corrected chi connectivity index (χ3v) is 5.30. The molecule has 1 aromatic heterocycles. The molecule has 4 rings (SSSR count). The molecule has 1 aliphatic heterocycles. The molecule has 2 amide bonds. The molecule has 1 fully saturated rings. The van der Waals surface area contributed by atoms with Crippen molar-refractivity contribution in [3.8, 4) is 5.69 Å². The molecule has 0 bridgehead atoms. The number of rotatable bonds is 6. The smallest absolute Gasteiger partial charge is 0.249 e. The Morgan fingerprint density at radius 3 is 2.69 bits per heavy atom. The van der Waals surface area contributed by atoms with Crippen LogP contribution in [0, 0.1) is 0 Å². The molecule has 0 radical (unpaired) electrons. The van der Waals surface area contributed by atoms with E-state index in [2.05, 4.69) is 10.4 Å². The van der Waals surface area contributed by atoms with Crippen molar-refractivity contribution < 1.29 is 9.59 Å². The van der Waals surface area contributed by atoms with E-state index in [-0.39, 0.29) is 11.8 Å². The van der Waals surface area contributed by atoms with Crippen molar-refractivity contribution in [3.63, 3.8) is 0 Å². The van der Waals surface area contributed by atoms with Crippen LogP contribution in [0.2, 0.25) is 5.02 Å². The number of nitrogens with one attached hydrogen (secondary N) is 1. The Hall–Kier alpha value is -3.12. The van der Waals surface area contributed by atoms with Crippen LogP contribution in [0.3, 0.4) is 0 Å². The Labute approximate surface area is 174 Å². The van der Waals surface area contributed by atoms with Gasteiger partial charge in [0.1, 0.15) is 6.04 Å². The lowest BCUT2D eigenvalue weighted by molar-refractivity contribution is -0.126. The number of aryl methyl sites for hydroxylation is 1. The summed E-state index contributed by atoms with van der Waals surface area (Å²) in [5.41, 5.74) is 2.63. The molecule has 29 heavy (non-hydrogen) atoms. The number of halogens is 1. The fourth-order valence-corrected chi connectivity index (χ4v) is 3.70. The van der Waals surface area contributed by atoms with E-state index in [1.54, 1.807) is 21.8 Å². The number of hydrogen-bond donors (Lipinski definition) is 1. The van der Waals surface area contributed by atoms with Crippen LogP contribution < -0.4 is 10.2 Å². The van der Waals surface area contributed by atoms with E-state index in [0.717, 1.165) is 11.3 Å². The quantitative estimate of drug-likeness (QED) is 0.679. The number of carbonyl (C=O) groups is 2. The third kappa shape index (κ3) is 4.32. The zero-order valence-electron chi connectivity index (χ0n) is 15.8. The first-order chi connectivity index (χ1) is 14.1. The second-order valence-corrected chi connectivity index (χ2v) is 7.39. The number of carbonyl (C=O) groups excluding carboxylic acids is 2. The second kappa shape index (κ2) is 8.49. The molecule has 148 valence electrons. The Morgan fingerprint density at radius 2 is 1.90 bits per heavy atom. The van der Waals surface area contributed by atoms with Crippen LogP contribution in [0.1, 0.15) is 18.4 Å². The van der Waals surface area contributed by atoms with E-state index in [1.165, 1.54) is 0 Å². The van der Waals surface area contributed by atoms with Gasteiger partial charge in [-0.2, -0.15) is 5.10 Å². The van der Waals surface area contributed by atoms with Gasteiger partial charge in [0.05, 0.1) is 22.6 Å². The van der Waals surface area contributed by atoms with Gasteiger partial charge in [0.2, 0.25) is 11.8 Å². The summed E-state index contributed by atoms with van der Waals surface area (Å²) in [6.45, 7) is 0.539. The van der Waals surface area contributed by atoms with Crippen molar-refractivity contribution in [2.75, 3.05) is 11.4 Å². The summed E-state index contributed by atoms with van der Waals surface area (Å²) in [7, 11) is 0. The minimum absolute atomic E-state index is 0.122. The molecule has 7 heteroatoms. The lowest BCUT2D eigenvalue weighted by atomic mass is 10.1. The summed E-state index contributed by atoms with van der Waals surface area (Å²) in [6, 6.07) is 16.5. The van der Waals surface area contributed by atoms with Gasteiger partial charge < -0.3 is 10.2 Å². The van der Waals surface area contributed by atoms with E-state index in [4.69, 9.17) is 11.6 Å². The first kappa shape index (κ1) is 19.2. The molecule has 1 aliphatic rings. The van der Waals surface area contributed by atoms with Crippen LogP contribution in [0.5, 0.6) is 0 Å². The molecule has 1 atom stereocenters. The highest BCUT2D eigenvalue weighted by atomic mass is 35.5. The van der Waals surface area contributed by atoms with E-state index in [0.29, 0.717) is 36.5 Å². The van der Waals surface area contributed by atoms with Crippen molar-refractivity contribution >= 4 is 29.1 Å². The number of benzene rings is 2. The molecule has 1 unspecified atom stereocenters. The lowest BCUT2D eigenvalue weighted by Gasteiger charge is -2.18. The zero-order valence-corrected chi connectivity index (χ0v) is 16.5. The van der Waals surface area contributed by atoms with Crippen molar-refractivity contribution in [2.45, 2.75) is 25.3 Å². The fourth-order valence-electron chi connectivity index (χ4n) is 3.46. The predicted octanol–water partition coefficient (Wildman–Crippen LogP) is 3.38. The molecule has 0 spiro atoms. The molecular formula is C22H21ClN4O2. The second-order valence-electron chi connectivity index (χ2n) is 6.98. The van der Waals surface area contributed by atoms with Gasteiger partial charge in [-0.25, -0.2) is 4.68 Å². The van der Waals surface area contributed by atoms with Gasteiger partial charge in [0.25, 0.3) is 0 Å². The van der Waals surface area contributed by atoms with Gasteiger partial charge in [0, 0.05) is 19.2 Å². The summed E-state index contributed by atoms with van der Waals surface area (Å²) in [6.07, 6.45) is 5.12. The fraction of sp³-hybridized carbons (Fsp3) is 0.227. The van der Waals surface area contributed by atoms with Crippen molar-refractivity contribution in [1.82, 2.24) is 15.1 Å². The van der Waals surface area contributed by atoms with Gasteiger partial charge >= 0.3 is 0 Å². The van der Waals surface area contributed by atoms with E-state index in [9.17, 15) is 9.59 Å². The number of amides is 2. The molecule has 0 saturated carbocycles. The Morgan fingerprint density at radius 1 is 1.14 bits per heavy atom. The maximum Gasteiger partial charge on any atom is 0.249 e. The maximum atomic E-state index is 12.7. The molecular weight excluding hydrogens is 388 g/mol. The third-order valence-electron chi connectivity index (χ3n) is 4.98. The normalized spacial score (nSPS) is 16.2. The van der Waals surface area contributed by atoms with Crippen LogP contribution in [0.4, 0.5) is 5.69 Å². The van der Waals surface area contributed by atoms with E-state index < -0.39 is 6.04 Å². The van der Waals surface area contributed by atoms with Gasteiger partial charge in [-0.1, -0.05) is 41.9 Å². The Kier molecular flexibility index (Phi) is 5.62. The van der Waals surface area contributed by atoms with Gasteiger partial charge in [-0.05, 0) is 42.7 Å².